The highest BCUT2D eigenvalue weighted by Crippen LogP contribution is 2.36. The highest BCUT2D eigenvalue weighted by molar-refractivity contribution is 5.99. The summed E-state index contributed by atoms with van der Waals surface area (Å²) in [5.74, 6) is -4.40. The van der Waals surface area contributed by atoms with Crippen LogP contribution < -0.4 is 5.32 Å². The average molecular weight is 510 g/mol. The van der Waals surface area contributed by atoms with E-state index >= 15 is 0 Å². The van der Waals surface area contributed by atoms with Gasteiger partial charge in [0.1, 0.15) is 0 Å². The molecular weight excluding hydrogens is 487 g/mol. The molecule has 1 fully saturated rings. The van der Waals surface area contributed by atoms with E-state index in [9.17, 15) is 26.7 Å². The fourth-order valence-electron chi connectivity index (χ4n) is 4.23. The minimum atomic E-state index is -4.59. The van der Waals surface area contributed by atoms with Crippen LogP contribution in [0.4, 0.5) is 27.9 Å². The summed E-state index contributed by atoms with van der Waals surface area (Å²) in [6, 6.07) is 0.865. The summed E-state index contributed by atoms with van der Waals surface area (Å²) < 4.78 is 68.9. The molecule has 1 N–H and O–H groups in total. The lowest BCUT2D eigenvalue weighted by Gasteiger charge is -2.43. The summed E-state index contributed by atoms with van der Waals surface area (Å²) in [6.45, 7) is 2.39. The van der Waals surface area contributed by atoms with E-state index in [2.05, 4.69) is 30.4 Å². The van der Waals surface area contributed by atoms with Gasteiger partial charge in [-0.3, -0.25) is 9.48 Å². The Balaban J connectivity index is 1.63. The van der Waals surface area contributed by atoms with Crippen LogP contribution in [0.2, 0.25) is 0 Å². The third kappa shape index (κ3) is 5.11. The van der Waals surface area contributed by atoms with Gasteiger partial charge in [0.2, 0.25) is 5.95 Å². The summed E-state index contributed by atoms with van der Waals surface area (Å²) in [4.78, 5) is 30.4. The molecule has 4 heterocycles. The summed E-state index contributed by atoms with van der Waals surface area (Å²) in [5, 5.41) is 7.04. The Kier molecular flexibility index (Phi) is 6.62. The largest absolute Gasteiger partial charge is 0.419 e. The van der Waals surface area contributed by atoms with E-state index in [4.69, 9.17) is 0 Å². The zero-order valence-corrected chi connectivity index (χ0v) is 19.6. The Morgan fingerprint density at radius 2 is 1.81 bits per heavy atom. The van der Waals surface area contributed by atoms with Crippen molar-refractivity contribution in [3.63, 3.8) is 0 Å². The number of nitrogens with zero attached hydrogens (tertiary/aromatic N) is 7. The normalized spacial score (nSPS) is 19.8. The first kappa shape index (κ1) is 25.4. The number of aryl methyl sites for hydroxylation is 1. The van der Waals surface area contributed by atoms with Crippen molar-refractivity contribution in [3.05, 3.63) is 47.8 Å². The van der Waals surface area contributed by atoms with Crippen molar-refractivity contribution in [2.45, 2.75) is 38.4 Å². The van der Waals surface area contributed by atoms with Crippen LogP contribution in [0.15, 0.2) is 30.9 Å². The molecule has 3 aromatic heterocycles. The number of carbonyl (C=O) groups excluding carboxylic acids is 1. The van der Waals surface area contributed by atoms with E-state index in [1.54, 1.807) is 27.0 Å². The first-order chi connectivity index (χ1) is 16.9. The van der Waals surface area contributed by atoms with Crippen molar-refractivity contribution >= 4 is 11.9 Å². The molecule has 1 aliphatic heterocycles. The van der Waals surface area contributed by atoms with Crippen molar-refractivity contribution in [3.8, 4) is 11.4 Å². The van der Waals surface area contributed by atoms with Gasteiger partial charge in [-0.25, -0.2) is 28.7 Å². The minimum absolute atomic E-state index is 0.0582. The molecule has 0 spiro atoms. The van der Waals surface area contributed by atoms with Gasteiger partial charge in [-0.1, -0.05) is 6.92 Å². The van der Waals surface area contributed by atoms with Crippen LogP contribution in [-0.4, -0.2) is 65.6 Å². The van der Waals surface area contributed by atoms with Crippen LogP contribution in [0.25, 0.3) is 11.4 Å². The number of rotatable bonds is 5. The molecule has 0 radical (unpaired) electrons. The molecule has 0 aliphatic carbocycles. The van der Waals surface area contributed by atoms with E-state index in [0.717, 1.165) is 4.90 Å². The maximum atomic E-state index is 14.6. The van der Waals surface area contributed by atoms with Gasteiger partial charge >= 0.3 is 6.18 Å². The third-order valence-electron chi connectivity index (χ3n) is 6.11. The van der Waals surface area contributed by atoms with Crippen molar-refractivity contribution in [1.29, 1.82) is 0 Å². The molecule has 1 amide bonds. The average Bonchev–Trinajstić information content (AvgIpc) is 3.11. The summed E-state index contributed by atoms with van der Waals surface area (Å²) in [5.41, 5.74) is -0.171. The Morgan fingerprint density at radius 3 is 2.42 bits per heavy atom. The molecule has 0 bridgehead atoms. The lowest BCUT2D eigenvalue weighted by Crippen LogP contribution is -2.57. The highest BCUT2D eigenvalue weighted by atomic mass is 19.4. The van der Waals surface area contributed by atoms with Gasteiger partial charge in [0, 0.05) is 50.5 Å². The molecule has 14 heteroatoms. The Hall–Kier alpha value is -3.71. The molecular formula is C22H23F5N8O. The second kappa shape index (κ2) is 9.39. The van der Waals surface area contributed by atoms with E-state index in [0.29, 0.717) is 23.7 Å². The molecule has 0 saturated carbocycles. The number of hydrogen-bond acceptors (Lipinski definition) is 7. The SMILES string of the molecule is Cc1c(-c2ncccn2)c(C(=O)N2CC(F)(F)C[C@@H](C)C2CNc2ncc(C(F)(F)F)cn2)nn1C. The first-order valence-electron chi connectivity index (χ1n) is 11.0. The first-order valence-corrected chi connectivity index (χ1v) is 11.0. The second-order valence-corrected chi connectivity index (χ2v) is 8.72. The minimum Gasteiger partial charge on any atom is -0.352 e. The van der Waals surface area contributed by atoms with Crippen LogP contribution in [-0.2, 0) is 13.2 Å². The number of amides is 1. The molecule has 192 valence electrons. The maximum absolute atomic E-state index is 14.6. The quantitative estimate of drug-likeness (QED) is 0.524. The fraction of sp³-hybridized carbons (Fsp3) is 0.455. The number of anilines is 1. The second-order valence-electron chi connectivity index (χ2n) is 8.72. The predicted octanol–water partition coefficient (Wildman–Crippen LogP) is 3.59. The van der Waals surface area contributed by atoms with E-state index in [1.807, 2.05) is 0 Å². The summed E-state index contributed by atoms with van der Waals surface area (Å²) in [7, 11) is 1.62. The lowest BCUT2D eigenvalue weighted by molar-refractivity contribution is -0.138. The van der Waals surface area contributed by atoms with Gasteiger partial charge in [0.05, 0.1) is 23.7 Å². The van der Waals surface area contributed by atoms with Crippen LogP contribution in [0.5, 0.6) is 0 Å². The Bertz CT molecular complexity index is 1230. The molecule has 1 aliphatic rings. The molecule has 1 saturated heterocycles. The van der Waals surface area contributed by atoms with Gasteiger partial charge in [-0.2, -0.15) is 18.3 Å². The number of carbonyl (C=O) groups is 1. The van der Waals surface area contributed by atoms with Crippen LogP contribution in [0, 0.1) is 12.8 Å². The van der Waals surface area contributed by atoms with Gasteiger partial charge in [0.15, 0.2) is 11.5 Å². The van der Waals surface area contributed by atoms with Crippen molar-refractivity contribution in [2.75, 3.05) is 18.4 Å². The number of nitrogens with one attached hydrogen (secondary N) is 1. The van der Waals surface area contributed by atoms with E-state index < -0.39 is 48.5 Å². The molecule has 4 rings (SSSR count). The number of aromatic nitrogens is 6. The van der Waals surface area contributed by atoms with Gasteiger partial charge in [-0.05, 0) is 18.9 Å². The summed E-state index contributed by atoms with van der Waals surface area (Å²) >= 11 is 0. The van der Waals surface area contributed by atoms with Gasteiger partial charge < -0.3 is 10.2 Å². The smallest absolute Gasteiger partial charge is 0.352 e. The fourth-order valence-corrected chi connectivity index (χ4v) is 4.23. The standard InChI is InChI=1S/C22H23F5N8O/c1-12-7-21(23,24)11-35(15(12)10-32-20-30-8-14(9-31-20)22(25,26)27)19(36)17-16(13(2)34(3)33-17)18-28-5-4-6-29-18/h4-6,8-9,12,15H,7,10-11H2,1-3H3,(H,30,31,32)/t12-,15?/m1/s1. The third-order valence-corrected chi connectivity index (χ3v) is 6.11. The molecule has 3 aromatic rings. The number of alkyl halides is 5. The zero-order chi connectivity index (χ0) is 26.3. The van der Waals surface area contributed by atoms with Crippen LogP contribution in [0.1, 0.15) is 35.1 Å². The van der Waals surface area contributed by atoms with Crippen molar-refractivity contribution in [1.82, 2.24) is 34.6 Å². The number of halogens is 5. The molecule has 9 nitrogen and oxygen atoms in total. The number of piperidine rings is 1. The van der Waals surface area contributed by atoms with E-state index in [1.165, 1.54) is 17.1 Å². The maximum Gasteiger partial charge on any atom is 0.419 e. The lowest BCUT2D eigenvalue weighted by atomic mass is 9.88. The predicted molar refractivity (Wildman–Crippen MR) is 118 cm³/mol. The molecule has 2 atom stereocenters. The monoisotopic (exact) mass is 510 g/mol. The van der Waals surface area contributed by atoms with Crippen LogP contribution in [0.3, 0.4) is 0 Å². The zero-order valence-electron chi connectivity index (χ0n) is 19.6. The molecule has 0 aromatic carbocycles. The van der Waals surface area contributed by atoms with Crippen molar-refractivity contribution < 1.29 is 26.7 Å². The van der Waals surface area contributed by atoms with E-state index in [-0.39, 0.29) is 24.0 Å². The Morgan fingerprint density at radius 1 is 1.17 bits per heavy atom. The molecule has 36 heavy (non-hydrogen) atoms. The van der Waals surface area contributed by atoms with Crippen LogP contribution >= 0.6 is 0 Å². The van der Waals surface area contributed by atoms with Gasteiger partial charge in [-0.15, -0.1) is 0 Å². The summed E-state index contributed by atoms with van der Waals surface area (Å²) in [6.07, 6.45) is -0.814. The van der Waals surface area contributed by atoms with Gasteiger partial charge in [0.25, 0.3) is 11.8 Å². The highest BCUT2D eigenvalue weighted by Gasteiger charge is 2.47. The molecule has 1 unspecified atom stereocenters. The number of likely N-dealkylation sites (tertiary alicyclic amines) is 1. The topological polar surface area (TPSA) is 102 Å². The van der Waals surface area contributed by atoms with Crippen molar-refractivity contribution in [2.24, 2.45) is 13.0 Å². The Labute approximate surface area is 202 Å². The number of hydrogen-bond donors (Lipinski definition) is 1.